The summed E-state index contributed by atoms with van der Waals surface area (Å²) in [5.41, 5.74) is 1.04. The van der Waals surface area contributed by atoms with Crippen molar-refractivity contribution in [3.8, 4) is 0 Å². The molecule has 1 aromatic rings. The van der Waals surface area contributed by atoms with E-state index in [4.69, 9.17) is 5.11 Å². The maximum Gasteiger partial charge on any atom is 0.352 e. The molecule has 3 heteroatoms. The Bertz CT molecular complexity index is 227. The summed E-state index contributed by atoms with van der Waals surface area (Å²) in [6.07, 6.45) is 1.61. The predicted octanol–water partition coefficient (Wildman–Crippen LogP) is 1.02. The molecule has 0 aromatic carbocycles. The average molecular weight is 125 g/mol. The topological polar surface area (TPSA) is 53.1 Å². The number of rotatable bonds is 1. The van der Waals surface area contributed by atoms with Gasteiger partial charge in [-0.15, -0.1) is 0 Å². The van der Waals surface area contributed by atoms with Crippen molar-refractivity contribution in [1.82, 2.24) is 4.98 Å². The summed E-state index contributed by atoms with van der Waals surface area (Å²) in [4.78, 5) is 12.9. The fraction of sp³-hybridized carbons (Fsp3) is 0.167. The molecule has 0 aliphatic heterocycles. The first-order valence-corrected chi connectivity index (χ1v) is 2.59. The van der Waals surface area contributed by atoms with Gasteiger partial charge in [-0.1, -0.05) is 0 Å². The Labute approximate surface area is 52.3 Å². The lowest BCUT2D eigenvalue weighted by atomic mass is 10.3. The third-order valence-corrected chi connectivity index (χ3v) is 1.17. The van der Waals surface area contributed by atoms with E-state index in [0.29, 0.717) is 0 Å². The molecule has 0 amide bonds. The zero-order valence-electron chi connectivity index (χ0n) is 5.01. The normalized spacial score (nSPS) is 9.44. The van der Waals surface area contributed by atoms with Gasteiger partial charge < -0.3 is 10.1 Å². The summed E-state index contributed by atoms with van der Waals surface area (Å²) in [7, 11) is 0. The van der Waals surface area contributed by atoms with Gasteiger partial charge in [-0.2, -0.15) is 0 Å². The number of aromatic carboxylic acids is 1. The van der Waals surface area contributed by atoms with Gasteiger partial charge in [0.1, 0.15) is 5.69 Å². The predicted molar refractivity (Wildman–Crippen MR) is 32.5 cm³/mol. The van der Waals surface area contributed by atoms with Gasteiger partial charge in [0, 0.05) is 6.20 Å². The van der Waals surface area contributed by atoms with Crippen LogP contribution < -0.4 is 0 Å². The highest BCUT2D eigenvalue weighted by atomic mass is 16.4. The Morgan fingerprint density at radius 1 is 1.78 bits per heavy atom. The molecule has 0 fully saturated rings. The maximum absolute atomic E-state index is 10.3. The average Bonchev–Trinajstić information content (AvgIpc) is 2.13. The van der Waals surface area contributed by atoms with Gasteiger partial charge in [-0.05, 0) is 18.6 Å². The van der Waals surface area contributed by atoms with Crippen LogP contribution in [0.15, 0.2) is 12.3 Å². The molecule has 9 heavy (non-hydrogen) atoms. The lowest BCUT2D eigenvalue weighted by Gasteiger charge is -1.87. The summed E-state index contributed by atoms with van der Waals surface area (Å²) in [5.74, 6) is -0.905. The first-order valence-electron chi connectivity index (χ1n) is 2.59. The highest BCUT2D eigenvalue weighted by Crippen LogP contribution is 2.02. The molecule has 0 radical (unpaired) electrons. The van der Waals surface area contributed by atoms with Crippen molar-refractivity contribution in [1.29, 1.82) is 0 Å². The second kappa shape index (κ2) is 1.93. The van der Waals surface area contributed by atoms with Crippen LogP contribution in [0.25, 0.3) is 0 Å². The van der Waals surface area contributed by atoms with E-state index in [0.717, 1.165) is 5.56 Å². The van der Waals surface area contributed by atoms with E-state index in [2.05, 4.69) is 4.98 Å². The van der Waals surface area contributed by atoms with Gasteiger partial charge in [0.2, 0.25) is 0 Å². The molecule has 0 saturated heterocycles. The quantitative estimate of drug-likeness (QED) is 0.588. The molecule has 0 aliphatic rings. The Morgan fingerprint density at radius 2 is 2.44 bits per heavy atom. The van der Waals surface area contributed by atoms with Crippen LogP contribution in [0.1, 0.15) is 16.1 Å². The number of carbonyl (C=O) groups is 1. The van der Waals surface area contributed by atoms with Gasteiger partial charge in [0.15, 0.2) is 0 Å². The second-order valence-corrected chi connectivity index (χ2v) is 1.84. The molecular weight excluding hydrogens is 118 g/mol. The van der Waals surface area contributed by atoms with Gasteiger partial charge in [0.25, 0.3) is 0 Å². The molecule has 0 saturated carbocycles. The summed E-state index contributed by atoms with van der Waals surface area (Å²) in [5, 5.41) is 8.42. The molecule has 0 atom stereocenters. The molecule has 0 spiro atoms. The van der Waals surface area contributed by atoms with Crippen LogP contribution in [0.3, 0.4) is 0 Å². The first kappa shape index (κ1) is 5.88. The van der Waals surface area contributed by atoms with Crippen LogP contribution in [0.5, 0.6) is 0 Å². The molecule has 1 aromatic heterocycles. The molecule has 0 bridgehead atoms. The van der Waals surface area contributed by atoms with Crippen molar-refractivity contribution in [2.45, 2.75) is 6.92 Å². The number of aromatic amines is 1. The standard InChI is InChI=1S/C6H7NO2/c1-4-2-3-7-5(4)6(8)9/h2-3,7H,1H3,(H,8,9). The van der Waals surface area contributed by atoms with Gasteiger partial charge >= 0.3 is 5.97 Å². The minimum Gasteiger partial charge on any atom is -0.477 e. The molecule has 1 rings (SSSR count). The number of aryl methyl sites for hydroxylation is 1. The summed E-state index contributed by atoms with van der Waals surface area (Å²) in [6, 6.07) is 1.73. The highest BCUT2D eigenvalue weighted by Gasteiger charge is 2.05. The van der Waals surface area contributed by atoms with Crippen LogP contribution in [0.2, 0.25) is 0 Å². The number of hydrogen-bond donors (Lipinski definition) is 2. The maximum atomic E-state index is 10.3. The third kappa shape index (κ3) is 0.937. The Balaban J connectivity index is 3.08. The Morgan fingerprint density at radius 3 is 2.67 bits per heavy atom. The number of nitrogens with one attached hydrogen (secondary N) is 1. The van der Waals surface area contributed by atoms with E-state index in [1.54, 1.807) is 19.2 Å². The Kier molecular flexibility index (Phi) is 1.26. The lowest BCUT2D eigenvalue weighted by molar-refractivity contribution is 0.0690. The molecular formula is C6H7NO2. The number of carboxylic acids is 1. The van der Waals surface area contributed by atoms with Crippen molar-refractivity contribution in [2.75, 3.05) is 0 Å². The number of H-pyrrole nitrogens is 1. The number of aromatic nitrogens is 1. The first-order chi connectivity index (χ1) is 4.22. The summed E-state index contributed by atoms with van der Waals surface area (Å²) >= 11 is 0. The Hall–Kier alpha value is -1.25. The van der Waals surface area contributed by atoms with E-state index in [9.17, 15) is 4.79 Å². The van der Waals surface area contributed by atoms with Crippen molar-refractivity contribution in [2.24, 2.45) is 0 Å². The number of hydrogen-bond acceptors (Lipinski definition) is 1. The molecule has 0 unspecified atom stereocenters. The fourth-order valence-corrected chi connectivity index (χ4v) is 0.678. The monoisotopic (exact) mass is 125 g/mol. The number of carboxylic acid groups (broad SMARTS) is 1. The van der Waals surface area contributed by atoms with Crippen LogP contribution in [-0.4, -0.2) is 16.1 Å². The smallest absolute Gasteiger partial charge is 0.352 e. The molecule has 3 nitrogen and oxygen atoms in total. The van der Waals surface area contributed by atoms with Gasteiger partial charge in [-0.25, -0.2) is 4.79 Å². The molecule has 0 aliphatic carbocycles. The molecule has 1 heterocycles. The van der Waals surface area contributed by atoms with Crippen molar-refractivity contribution in [3.05, 3.63) is 23.5 Å². The van der Waals surface area contributed by atoms with Crippen LogP contribution >= 0.6 is 0 Å². The molecule has 2 N–H and O–H groups in total. The van der Waals surface area contributed by atoms with Crippen molar-refractivity contribution >= 4 is 5.97 Å². The van der Waals surface area contributed by atoms with Gasteiger partial charge in [0.05, 0.1) is 0 Å². The van der Waals surface area contributed by atoms with Crippen LogP contribution in [-0.2, 0) is 0 Å². The van der Waals surface area contributed by atoms with Crippen molar-refractivity contribution in [3.63, 3.8) is 0 Å². The minimum atomic E-state index is -0.905. The van der Waals surface area contributed by atoms with Crippen molar-refractivity contribution < 1.29 is 9.90 Å². The highest BCUT2D eigenvalue weighted by molar-refractivity contribution is 5.87. The SMILES string of the molecule is Cc1cc[nH]c1C(=O)O. The minimum absolute atomic E-state index is 0.273. The third-order valence-electron chi connectivity index (χ3n) is 1.17. The summed E-state index contributed by atoms with van der Waals surface area (Å²) < 4.78 is 0. The lowest BCUT2D eigenvalue weighted by Crippen LogP contribution is -1.97. The zero-order chi connectivity index (χ0) is 6.85. The second-order valence-electron chi connectivity index (χ2n) is 1.84. The van der Waals surface area contributed by atoms with E-state index >= 15 is 0 Å². The summed E-state index contributed by atoms with van der Waals surface area (Å²) in [6.45, 7) is 1.75. The molecule has 48 valence electrons. The largest absolute Gasteiger partial charge is 0.477 e. The van der Waals surface area contributed by atoms with Crippen LogP contribution in [0, 0.1) is 6.92 Å². The fourth-order valence-electron chi connectivity index (χ4n) is 0.678. The van der Waals surface area contributed by atoms with E-state index in [1.165, 1.54) is 0 Å². The van der Waals surface area contributed by atoms with E-state index in [1.807, 2.05) is 0 Å². The van der Waals surface area contributed by atoms with E-state index < -0.39 is 5.97 Å². The van der Waals surface area contributed by atoms with Crippen LogP contribution in [0.4, 0.5) is 0 Å². The van der Waals surface area contributed by atoms with E-state index in [-0.39, 0.29) is 5.69 Å². The van der Waals surface area contributed by atoms with Gasteiger partial charge in [-0.3, -0.25) is 0 Å². The zero-order valence-corrected chi connectivity index (χ0v) is 5.01.